The minimum atomic E-state index is -3.51. The van der Waals surface area contributed by atoms with Crippen molar-refractivity contribution < 1.29 is 13.2 Å². The van der Waals surface area contributed by atoms with Gasteiger partial charge >= 0.3 is 0 Å². The lowest BCUT2D eigenvalue weighted by Gasteiger charge is -2.23. The molecule has 1 aliphatic rings. The summed E-state index contributed by atoms with van der Waals surface area (Å²) in [6.07, 6.45) is 0.822. The minimum absolute atomic E-state index is 0.0584. The van der Waals surface area contributed by atoms with Crippen LogP contribution in [0, 0.1) is 0 Å². The van der Waals surface area contributed by atoms with Gasteiger partial charge in [-0.25, -0.2) is 12.7 Å². The fraction of sp³-hybridized carbons (Fsp3) is 0.462. The SMILES string of the molecule is CN(C)S(=O)(=O)c1ccc(N2CCCNC(=O)C2)c(N)c1. The molecule has 3 N–H and O–H groups in total. The molecule has 2 rings (SSSR count). The van der Waals surface area contributed by atoms with Crippen molar-refractivity contribution in [3.63, 3.8) is 0 Å². The number of carbonyl (C=O) groups excluding carboxylic acids is 1. The Morgan fingerprint density at radius 1 is 1.33 bits per heavy atom. The Bertz CT molecular complexity index is 643. The van der Waals surface area contributed by atoms with Gasteiger partial charge in [0.05, 0.1) is 22.8 Å². The van der Waals surface area contributed by atoms with Gasteiger partial charge in [-0.1, -0.05) is 0 Å². The highest BCUT2D eigenvalue weighted by molar-refractivity contribution is 7.89. The van der Waals surface area contributed by atoms with E-state index in [2.05, 4.69) is 5.32 Å². The lowest BCUT2D eigenvalue weighted by atomic mass is 10.2. The molecule has 1 heterocycles. The summed E-state index contributed by atoms with van der Waals surface area (Å²) in [6.45, 7) is 1.56. The maximum Gasteiger partial charge on any atom is 0.242 e. The quantitative estimate of drug-likeness (QED) is 0.757. The first-order valence-electron chi connectivity index (χ1n) is 6.66. The highest BCUT2D eigenvalue weighted by Crippen LogP contribution is 2.27. The fourth-order valence-corrected chi connectivity index (χ4v) is 3.14. The van der Waals surface area contributed by atoms with Crippen LogP contribution in [0.5, 0.6) is 0 Å². The summed E-state index contributed by atoms with van der Waals surface area (Å²) in [4.78, 5) is 13.6. The zero-order valence-corrected chi connectivity index (χ0v) is 13.0. The molecule has 21 heavy (non-hydrogen) atoms. The van der Waals surface area contributed by atoms with Gasteiger partial charge in [0.15, 0.2) is 0 Å². The van der Waals surface area contributed by atoms with Gasteiger partial charge < -0.3 is 16.0 Å². The molecule has 0 radical (unpaired) electrons. The van der Waals surface area contributed by atoms with Gasteiger partial charge in [0.25, 0.3) is 0 Å². The Kier molecular flexibility index (Phi) is 4.38. The van der Waals surface area contributed by atoms with E-state index < -0.39 is 10.0 Å². The molecule has 116 valence electrons. The van der Waals surface area contributed by atoms with Crippen LogP contribution in [0.1, 0.15) is 6.42 Å². The third-order valence-corrected chi connectivity index (χ3v) is 5.19. The van der Waals surface area contributed by atoms with Gasteiger partial charge in [0, 0.05) is 27.2 Å². The smallest absolute Gasteiger partial charge is 0.242 e. The predicted octanol–water partition coefficient (Wildman–Crippen LogP) is -0.155. The number of rotatable bonds is 3. The number of sulfonamides is 1. The summed E-state index contributed by atoms with van der Waals surface area (Å²) in [6, 6.07) is 4.61. The molecule has 7 nitrogen and oxygen atoms in total. The molecular weight excluding hydrogens is 292 g/mol. The fourth-order valence-electron chi connectivity index (χ4n) is 2.20. The van der Waals surface area contributed by atoms with Crippen molar-refractivity contribution >= 4 is 27.3 Å². The summed E-state index contributed by atoms with van der Waals surface area (Å²) in [5.74, 6) is -0.0584. The van der Waals surface area contributed by atoms with Crippen LogP contribution in [-0.2, 0) is 14.8 Å². The average molecular weight is 312 g/mol. The summed E-state index contributed by atoms with van der Waals surface area (Å²) in [7, 11) is -0.568. The number of hydrogen-bond acceptors (Lipinski definition) is 5. The first-order chi connectivity index (χ1) is 9.82. The zero-order valence-electron chi connectivity index (χ0n) is 12.2. The molecule has 0 unspecified atom stereocenters. The number of anilines is 2. The van der Waals surface area contributed by atoms with Crippen molar-refractivity contribution in [1.29, 1.82) is 0 Å². The van der Waals surface area contributed by atoms with Gasteiger partial charge in [-0.05, 0) is 24.6 Å². The van der Waals surface area contributed by atoms with E-state index in [1.165, 1.54) is 26.2 Å². The Morgan fingerprint density at radius 2 is 2.05 bits per heavy atom. The highest BCUT2D eigenvalue weighted by atomic mass is 32.2. The van der Waals surface area contributed by atoms with Crippen LogP contribution in [0.15, 0.2) is 23.1 Å². The van der Waals surface area contributed by atoms with Gasteiger partial charge in [0.2, 0.25) is 15.9 Å². The molecule has 1 amide bonds. The average Bonchev–Trinajstić information content (AvgIpc) is 2.63. The number of benzene rings is 1. The van der Waals surface area contributed by atoms with Crippen LogP contribution in [0.3, 0.4) is 0 Å². The molecular formula is C13H20N4O3S. The second-order valence-electron chi connectivity index (χ2n) is 5.13. The number of nitrogens with zero attached hydrogens (tertiary/aromatic N) is 2. The zero-order chi connectivity index (χ0) is 15.6. The maximum atomic E-state index is 12.1. The molecule has 0 spiro atoms. The van der Waals surface area contributed by atoms with Gasteiger partial charge in [-0.2, -0.15) is 0 Å². The lowest BCUT2D eigenvalue weighted by Crippen LogP contribution is -2.33. The van der Waals surface area contributed by atoms with Crippen molar-refractivity contribution in [2.75, 3.05) is 44.4 Å². The number of nitrogens with two attached hydrogens (primary N) is 1. The minimum Gasteiger partial charge on any atom is -0.397 e. The molecule has 0 aromatic heterocycles. The molecule has 0 bridgehead atoms. The van der Waals surface area contributed by atoms with E-state index in [0.29, 0.717) is 24.5 Å². The molecule has 1 fully saturated rings. The molecule has 8 heteroatoms. The van der Waals surface area contributed by atoms with E-state index in [-0.39, 0.29) is 17.3 Å². The summed E-state index contributed by atoms with van der Waals surface area (Å²) < 4.78 is 25.3. The molecule has 1 aliphatic heterocycles. The van der Waals surface area contributed by atoms with Gasteiger partial charge in [-0.15, -0.1) is 0 Å². The molecule has 0 saturated carbocycles. The van der Waals surface area contributed by atoms with Crippen molar-refractivity contribution in [2.24, 2.45) is 0 Å². The summed E-state index contributed by atoms with van der Waals surface area (Å²) in [5, 5.41) is 2.79. The standard InChI is InChI=1S/C13H20N4O3S/c1-16(2)21(19,20)10-4-5-12(11(14)8-10)17-7-3-6-15-13(18)9-17/h4-5,8H,3,6-7,9,14H2,1-2H3,(H,15,18). The van der Waals surface area contributed by atoms with E-state index in [0.717, 1.165) is 10.7 Å². The van der Waals surface area contributed by atoms with E-state index in [1.807, 2.05) is 4.90 Å². The topological polar surface area (TPSA) is 95.7 Å². The number of nitrogen functional groups attached to an aromatic ring is 1. The maximum absolute atomic E-state index is 12.1. The second-order valence-corrected chi connectivity index (χ2v) is 7.28. The number of hydrogen-bond donors (Lipinski definition) is 2. The Labute approximate surface area is 124 Å². The number of carbonyl (C=O) groups is 1. The third-order valence-electron chi connectivity index (χ3n) is 3.38. The Balaban J connectivity index is 2.33. The van der Waals surface area contributed by atoms with Crippen molar-refractivity contribution in [1.82, 2.24) is 9.62 Å². The summed E-state index contributed by atoms with van der Waals surface area (Å²) >= 11 is 0. The first-order valence-corrected chi connectivity index (χ1v) is 8.10. The van der Waals surface area contributed by atoms with Crippen LogP contribution in [0.4, 0.5) is 11.4 Å². The largest absolute Gasteiger partial charge is 0.397 e. The van der Waals surface area contributed by atoms with Crippen molar-refractivity contribution in [2.45, 2.75) is 11.3 Å². The van der Waals surface area contributed by atoms with E-state index in [1.54, 1.807) is 6.07 Å². The number of amides is 1. The second kappa shape index (κ2) is 5.90. The van der Waals surface area contributed by atoms with Crippen LogP contribution in [0.2, 0.25) is 0 Å². The third kappa shape index (κ3) is 3.27. The normalized spacial score (nSPS) is 16.7. The van der Waals surface area contributed by atoms with Crippen molar-refractivity contribution in [3.8, 4) is 0 Å². The van der Waals surface area contributed by atoms with Crippen molar-refractivity contribution in [3.05, 3.63) is 18.2 Å². The van der Waals surface area contributed by atoms with Crippen LogP contribution in [-0.4, -0.2) is 52.4 Å². The first kappa shape index (κ1) is 15.6. The van der Waals surface area contributed by atoms with E-state index in [4.69, 9.17) is 5.73 Å². The monoisotopic (exact) mass is 312 g/mol. The van der Waals surface area contributed by atoms with Crippen LogP contribution < -0.4 is 16.0 Å². The Morgan fingerprint density at radius 3 is 2.67 bits per heavy atom. The molecule has 1 aromatic rings. The molecule has 1 saturated heterocycles. The molecule has 1 aromatic carbocycles. The van der Waals surface area contributed by atoms with Gasteiger partial charge in [-0.3, -0.25) is 4.79 Å². The molecule has 0 aliphatic carbocycles. The summed E-state index contributed by atoms with van der Waals surface area (Å²) in [5.41, 5.74) is 7.03. The van der Waals surface area contributed by atoms with Crippen LogP contribution >= 0.6 is 0 Å². The van der Waals surface area contributed by atoms with E-state index in [9.17, 15) is 13.2 Å². The number of nitrogens with one attached hydrogen (secondary N) is 1. The lowest BCUT2D eigenvalue weighted by molar-refractivity contribution is -0.119. The highest BCUT2D eigenvalue weighted by Gasteiger charge is 2.21. The molecule has 0 atom stereocenters. The Hall–Kier alpha value is -1.80. The van der Waals surface area contributed by atoms with Gasteiger partial charge in [0.1, 0.15) is 0 Å². The predicted molar refractivity (Wildman–Crippen MR) is 81.6 cm³/mol. The van der Waals surface area contributed by atoms with E-state index >= 15 is 0 Å². The van der Waals surface area contributed by atoms with Crippen LogP contribution in [0.25, 0.3) is 0 Å².